The predicted molar refractivity (Wildman–Crippen MR) is 76.2 cm³/mol. The first kappa shape index (κ1) is 14.9. The average Bonchev–Trinajstić information content (AvgIpc) is 2.33. The van der Waals surface area contributed by atoms with Gasteiger partial charge in [-0.15, -0.1) is 0 Å². The molecule has 0 saturated heterocycles. The molecule has 6 heteroatoms. The molecular weight excluding hydrogens is 408 g/mol. The molecule has 19 heavy (non-hydrogen) atoms. The molecule has 0 fully saturated rings. The van der Waals surface area contributed by atoms with E-state index in [2.05, 4.69) is 31.9 Å². The lowest BCUT2D eigenvalue weighted by atomic mass is 10.0. The van der Waals surface area contributed by atoms with Crippen molar-refractivity contribution in [2.75, 3.05) is 0 Å². The van der Waals surface area contributed by atoms with Crippen molar-refractivity contribution < 1.29 is 13.2 Å². The lowest BCUT2D eigenvalue weighted by Crippen LogP contribution is -2.00. The van der Waals surface area contributed by atoms with Gasteiger partial charge in [-0.05, 0) is 34.1 Å². The molecule has 0 aliphatic carbocycles. The molecule has 0 aromatic heterocycles. The van der Waals surface area contributed by atoms with Gasteiger partial charge in [-0.2, -0.15) is 0 Å². The molecule has 0 heterocycles. The first-order chi connectivity index (χ1) is 8.90. The summed E-state index contributed by atoms with van der Waals surface area (Å²) < 4.78 is 40.8. The Balaban J connectivity index is 2.49. The Morgan fingerprint density at radius 3 is 2.21 bits per heavy atom. The van der Waals surface area contributed by atoms with Crippen molar-refractivity contribution in [3.8, 4) is 0 Å². The zero-order chi connectivity index (χ0) is 14.2. The molecule has 0 saturated carbocycles. The Kier molecular flexibility index (Phi) is 4.58. The van der Waals surface area contributed by atoms with Crippen LogP contribution in [-0.2, 0) is 0 Å². The standard InChI is InChI=1S/C13H6Br2ClF3/c14-9-5-12(19)8(4-10(9)16)13(15)7-2-1-6(17)3-11(7)18/h1-5,13H. The largest absolute Gasteiger partial charge is 0.207 e. The van der Waals surface area contributed by atoms with E-state index in [0.717, 1.165) is 12.1 Å². The summed E-state index contributed by atoms with van der Waals surface area (Å²) in [6.45, 7) is 0. The van der Waals surface area contributed by atoms with Crippen molar-refractivity contribution in [2.45, 2.75) is 4.83 Å². The fourth-order valence-electron chi connectivity index (χ4n) is 1.61. The summed E-state index contributed by atoms with van der Waals surface area (Å²) in [4.78, 5) is -0.751. The van der Waals surface area contributed by atoms with Crippen molar-refractivity contribution in [2.24, 2.45) is 0 Å². The number of benzene rings is 2. The monoisotopic (exact) mass is 412 g/mol. The van der Waals surface area contributed by atoms with E-state index in [0.29, 0.717) is 9.50 Å². The van der Waals surface area contributed by atoms with Crippen molar-refractivity contribution in [1.29, 1.82) is 0 Å². The van der Waals surface area contributed by atoms with E-state index in [1.165, 1.54) is 18.2 Å². The highest BCUT2D eigenvalue weighted by molar-refractivity contribution is 9.10. The first-order valence-electron chi connectivity index (χ1n) is 5.13. The Labute approximate surface area is 129 Å². The second-order valence-electron chi connectivity index (χ2n) is 3.82. The van der Waals surface area contributed by atoms with Crippen LogP contribution in [0, 0.1) is 17.5 Å². The summed E-state index contributed by atoms with van der Waals surface area (Å²) >= 11 is 12.2. The molecule has 0 aliphatic rings. The lowest BCUT2D eigenvalue weighted by Gasteiger charge is -2.13. The molecule has 2 aromatic rings. The SMILES string of the molecule is Fc1ccc(C(Br)c2cc(Cl)c(Br)cc2F)c(F)c1. The maximum absolute atomic E-state index is 13.9. The molecule has 2 aromatic carbocycles. The summed E-state index contributed by atoms with van der Waals surface area (Å²) in [5.41, 5.74) is 0.317. The zero-order valence-electron chi connectivity index (χ0n) is 9.23. The van der Waals surface area contributed by atoms with Gasteiger partial charge in [0.25, 0.3) is 0 Å². The quantitative estimate of drug-likeness (QED) is 0.417. The third-order valence-electron chi connectivity index (χ3n) is 2.55. The van der Waals surface area contributed by atoms with Crippen molar-refractivity contribution in [3.63, 3.8) is 0 Å². The summed E-state index contributed by atoms with van der Waals surface area (Å²) in [5, 5.41) is 0.309. The third-order valence-corrected chi connectivity index (χ3v) is 4.73. The molecule has 0 N–H and O–H groups in total. The normalized spacial score (nSPS) is 12.5. The van der Waals surface area contributed by atoms with Gasteiger partial charge in [-0.1, -0.05) is 33.6 Å². The van der Waals surface area contributed by atoms with Crippen molar-refractivity contribution >= 4 is 43.5 Å². The van der Waals surface area contributed by atoms with Crippen LogP contribution in [0.25, 0.3) is 0 Å². The van der Waals surface area contributed by atoms with Crippen LogP contribution in [0.5, 0.6) is 0 Å². The number of hydrogen-bond acceptors (Lipinski definition) is 0. The zero-order valence-corrected chi connectivity index (χ0v) is 13.2. The second-order valence-corrected chi connectivity index (χ2v) is 5.99. The molecule has 2 rings (SSSR count). The third kappa shape index (κ3) is 3.15. The van der Waals surface area contributed by atoms with Crippen LogP contribution in [-0.4, -0.2) is 0 Å². The van der Waals surface area contributed by atoms with Gasteiger partial charge in [0.1, 0.15) is 17.5 Å². The Bertz CT molecular complexity index is 632. The van der Waals surface area contributed by atoms with Crippen LogP contribution in [0.1, 0.15) is 16.0 Å². The summed E-state index contributed by atoms with van der Waals surface area (Å²) in [7, 11) is 0. The molecule has 1 unspecified atom stereocenters. The second kappa shape index (κ2) is 5.85. The van der Waals surface area contributed by atoms with E-state index in [9.17, 15) is 13.2 Å². The minimum atomic E-state index is -0.751. The van der Waals surface area contributed by atoms with Crippen molar-refractivity contribution in [3.05, 3.63) is 68.4 Å². The minimum Gasteiger partial charge on any atom is -0.207 e. The van der Waals surface area contributed by atoms with Crippen LogP contribution >= 0.6 is 43.5 Å². The molecule has 0 bridgehead atoms. The smallest absolute Gasteiger partial charge is 0.130 e. The number of halogens is 6. The number of hydrogen-bond donors (Lipinski definition) is 0. The summed E-state index contributed by atoms with van der Waals surface area (Å²) in [6.07, 6.45) is 0. The Morgan fingerprint density at radius 2 is 1.58 bits per heavy atom. The van der Waals surface area contributed by atoms with Gasteiger partial charge in [0, 0.05) is 21.7 Å². The fraction of sp³-hybridized carbons (Fsp3) is 0.0769. The van der Waals surface area contributed by atoms with Gasteiger partial charge < -0.3 is 0 Å². The molecule has 0 nitrogen and oxygen atoms in total. The van der Waals surface area contributed by atoms with E-state index in [-0.39, 0.29) is 11.1 Å². The Morgan fingerprint density at radius 1 is 0.947 bits per heavy atom. The molecule has 0 amide bonds. The van der Waals surface area contributed by atoms with Gasteiger partial charge in [0.05, 0.1) is 9.85 Å². The average molecular weight is 414 g/mol. The lowest BCUT2D eigenvalue weighted by molar-refractivity contribution is 0.571. The van der Waals surface area contributed by atoms with Gasteiger partial charge in [0.15, 0.2) is 0 Å². The van der Waals surface area contributed by atoms with E-state index >= 15 is 0 Å². The highest BCUT2D eigenvalue weighted by Gasteiger charge is 2.20. The van der Waals surface area contributed by atoms with Crippen LogP contribution in [0.2, 0.25) is 5.02 Å². The summed E-state index contributed by atoms with van der Waals surface area (Å²) in [5.74, 6) is -1.97. The molecule has 0 aliphatic heterocycles. The molecule has 0 spiro atoms. The van der Waals surface area contributed by atoms with Crippen LogP contribution < -0.4 is 0 Å². The number of rotatable bonds is 2. The molecule has 100 valence electrons. The van der Waals surface area contributed by atoms with Crippen LogP contribution in [0.4, 0.5) is 13.2 Å². The predicted octanol–water partition coefficient (Wildman–Crippen LogP) is 6.00. The van der Waals surface area contributed by atoms with E-state index in [4.69, 9.17) is 11.6 Å². The Hall–Kier alpha value is -0.520. The first-order valence-corrected chi connectivity index (χ1v) is 7.22. The number of alkyl halides is 1. The molecular formula is C13H6Br2ClF3. The van der Waals surface area contributed by atoms with Crippen LogP contribution in [0.3, 0.4) is 0 Å². The van der Waals surface area contributed by atoms with Crippen LogP contribution in [0.15, 0.2) is 34.8 Å². The van der Waals surface area contributed by atoms with Gasteiger partial charge >= 0.3 is 0 Å². The molecule has 0 radical (unpaired) electrons. The van der Waals surface area contributed by atoms with Crippen molar-refractivity contribution in [1.82, 2.24) is 0 Å². The maximum atomic E-state index is 13.9. The highest BCUT2D eigenvalue weighted by Crippen LogP contribution is 2.37. The van der Waals surface area contributed by atoms with E-state index in [1.54, 1.807) is 0 Å². The topological polar surface area (TPSA) is 0 Å². The van der Waals surface area contributed by atoms with Gasteiger partial charge in [-0.25, -0.2) is 13.2 Å². The molecule has 1 atom stereocenters. The maximum Gasteiger partial charge on any atom is 0.130 e. The minimum absolute atomic E-state index is 0.138. The van der Waals surface area contributed by atoms with E-state index in [1.807, 2.05) is 0 Å². The van der Waals surface area contributed by atoms with Gasteiger partial charge in [0.2, 0.25) is 0 Å². The van der Waals surface area contributed by atoms with E-state index < -0.39 is 22.3 Å². The highest BCUT2D eigenvalue weighted by atomic mass is 79.9. The summed E-state index contributed by atoms with van der Waals surface area (Å²) in [6, 6.07) is 5.73. The fourth-order valence-corrected chi connectivity index (χ4v) is 2.82. The van der Waals surface area contributed by atoms with Gasteiger partial charge in [-0.3, -0.25) is 0 Å².